The summed E-state index contributed by atoms with van der Waals surface area (Å²) in [6.45, 7) is 0. The maximum absolute atomic E-state index is 12.1. The lowest BCUT2D eigenvalue weighted by molar-refractivity contribution is -0.116. The van der Waals surface area contributed by atoms with Gasteiger partial charge in [0, 0.05) is 37.3 Å². The Bertz CT molecular complexity index is 963. The van der Waals surface area contributed by atoms with E-state index in [-0.39, 0.29) is 24.2 Å². The molecule has 0 fully saturated rings. The number of fused-ring (bicyclic) bond motifs is 1. The van der Waals surface area contributed by atoms with Crippen molar-refractivity contribution in [3.63, 3.8) is 0 Å². The summed E-state index contributed by atoms with van der Waals surface area (Å²) in [6, 6.07) is 11.8. The second-order valence-electron chi connectivity index (χ2n) is 6.11. The number of hydrogen-bond acceptors (Lipinski definition) is 4. The van der Waals surface area contributed by atoms with Gasteiger partial charge in [-0.15, -0.1) is 0 Å². The number of H-pyrrole nitrogens is 1. The van der Waals surface area contributed by atoms with Gasteiger partial charge in [-0.05, 0) is 22.8 Å². The van der Waals surface area contributed by atoms with Crippen LogP contribution in [-0.4, -0.2) is 34.0 Å². The first-order chi connectivity index (χ1) is 12.7. The van der Waals surface area contributed by atoms with Gasteiger partial charge < -0.3 is 10.6 Å². The molecule has 2 aromatic heterocycles. The van der Waals surface area contributed by atoms with Crippen LogP contribution in [0.25, 0.3) is 11.1 Å². The first kappa shape index (κ1) is 16.0. The molecule has 1 unspecified atom stereocenters. The zero-order chi connectivity index (χ0) is 18.1. The number of carbonyl (C=O) groups is 2. The van der Waals surface area contributed by atoms with Crippen molar-refractivity contribution >= 4 is 17.6 Å². The van der Waals surface area contributed by atoms with Gasteiger partial charge in [0.1, 0.15) is 5.69 Å². The lowest BCUT2D eigenvalue weighted by Gasteiger charge is -2.23. The topological polar surface area (TPSA) is 99.8 Å². The molecular formula is C19H17N5O2. The fourth-order valence-corrected chi connectivity index (χ4v) is 3.28. The monoisotopic (exact) mass is 347 g/mol. The van der Waals surface area contributed by atoms with Gasteiger partial charge in [-0.2, -0.15) is 5.10 Å². The van der Waals surface area contributed by atoms with Crippen LogP contribution in [0.5, 0.6) is 0 Å². The maximum Gasteiger partial charge on any atom is 0.269 e. The first-order valence-electron chi connectivity index (χ1n) is 8.28. The average Bonchev–Trinajstić information content (AvgIpc) is 3.11. The van der Waals surface area contributed by atoms with Crippen LogP contribution in [-0.2, 0) is 4.79 Å². The summed E-state index contributed by atoms with van der Waals surface area (Å²) in [5.74, 6) is -0.186. The fourth-order valence-electron chi connectivity index (χ4n) is 3.28. The molecule has 4 rings (SSSR count). The van der Waals surface area contributed by atoms with Crippen LogP contribution in [0.2, 0.25) is 0 Å². The molecule has 1 aliphatic rings. The Morgan fingerprint density at radius 3 is 2.69 bits per heavy atom. The van der Waals surface area contributed by atoms with Crippen molar-refractivity contribution in [2.45, 2.75) is 12.3 Å². The third kappa shape index (κ3) is 2.73. The Morgan fingerprint density at radius 1 is 1.19 bits per heavy atom. The minimum Gasteiger partial charge on any atom is -0.354 e. The van der Waals surface area contributed by atoms with E-state index in [0.29, 0.717) is 11.5 Å². The van der Waals surface area contributed by atoms with E-state index in [1.165, 1.54) is 0 Å². The summed E-state index contributed by atoms with van der Waals surface area (Å²) < 4.78 is 0. The van der Waals surface area contributed by atoms with Crippen LogP contribution in [0.4, 0.5) is 5.82 Å². The second kappa shape index (κ2) is 6.44. The van der Waals surface area contributed by atoms with Crippen molar-refractivity contribution in [2.75, 3.05) is 12.4 Å². The highest BCUT2D eigenvalue weighted by Gasteiger charge is 2.33. The smallest absolute Gasteiger partial charge is 0.269 e. The summed E-state index contributed by atoms with van der Waals surface area (Å²) in [6.07, 6.45) is 3.81. The molecule has 3 aromatic rings. The number of aromatic amines is 1. The minimum absolute atomic E-state index is 0.117. The highest BCUT2D eigenvalue weighted by Crippen LogP contribution is 2.38. The Morgan fingerprint density at radius 2 is 2.00 bits per heavy atom. The van der Waals surface area contributed by atoms with Crippen LogP contribution < -0.4 is 10.6 Å². The number of nitrogens with one attached hydrogen (secondary N) is 3. The van der Waals surface area contributed by atoms with Gasteiger partial charge >= 0.3 is 0 Å². The van der Waals surface area contributed by atoms with Gasteiger partial charge in [-0.3, -0.25) is 19.7 Å². The highest BCUT2D eigenvalue weighted by molar-refractivity contribution is 6.00. The molecule has 1 atom stereocenters. The maximum atomic E-state index is 12.1. The minimum atomic E-state index is -0.258. The molecule has 7 heteroatoms. The van der Waals surface area contributed by atoms with Gasteiger partial charge in [0.15, 0.2) is 5.82 Å². The predicted molar refractivity (Wildman–Crippen MR) is 96.7 cm³/mol. The zero-order valence-electron chi connectivity index (χ0n) is 14.1. The number of aromatic nitrogens is 3. The summed E-state index contributed by atoms with van der Waals surface area (Å²) in [7, 11) is 1.56. The molecule has 3 N–H and O–H groups in total. The number of rotatable bonds is 3. The predicted octanol–water partition coefficient (Wildman–Crippen LogP) is 2.31. The quantitative estimate of drug-likeness (QED) is 0.677. The zero-order valence-corrected chi connectivity index (χ0v) is 14.1. The molecule has 1 aromatic carbocycles. The third-order valence-corrected chi connectivity index (χ3v) is 4.56. The van der Waals surface area contributed by atoms with E-state index in [4.69, 9.17) is 0 Å². The molecule has 0 spiro atoms. The third-order valence-electron chi connectivity index (χ3n) is 4.56. The Kier molecular flexibility index (Phi) is 3.96. The van der Waals surface area contributed by atoms with Crippen LogP contribution in [0.3, 0.4) is 0 Å². The number of amides is 2. The van der Waals surface area contributed by atoms with Crippen molar-refractivity contribution in [1.29, 1.82) is 0 Å². The van der Waals surface area contributed by atoms with E-state index in [1.54, 1.807) is 19.4 Å². The molecule has 3 heterocycles. The SMILES string of the molecule is CNC(=O)c1[nH]nc2c1C(c1ccc(-c3cccnc3)cc1)CC(=O)N2. The van der Waals surface area contributed by atoms with E-state index >= 15 is 0 Å². The van der Waals surface area contributed by atoms with Crippen molar-refractivity contribution in [3.05, 3.63) is 65.6 Å². The number of carbonyl (C=O) groups excluding carboxylic acids is 2. The van der Waals surface area contributed by atoms with Gasteiger partial charge in [0.05, 0.1) is 0 Å². The summed E-state index contributed by atoms with van der Waals surface area (Å²) in [4.78, 5) is 28.4. The van der Waals surface area contributed by atoms with E-state index in [0.717, 1.165) is 22.3 Å². The molecule has 7 nitrogen and oxygen atoms in total. The number of pyridine rings is 1. The number of nitrogens with zero attached hydrogens (tertiary/aromatic N) is 2. The highest BCUT2D eigenvalue weighted by atomic mass is 16.2. The Balaban J connectivity index is 1.73. The normalized spacial score (nSPS) is 15.9. The van der Waals surface area contributed by atoms with Crippen LogP contribution in [0.1, 0.15) is 34.0 Å². The number of anilines is 1. The van der Waals surface area contributed by atoms with Crippen LogP contribution in [0, 0.1) is 0 Å². The molecule has 0 aliphatic carbocycles. The van der Waals surface area contributed by atoms with Gasteiger partial charge in [-0.1, -0.05) is 30.3 Å². The molecule has 2 amide bonds. The summed E-state index contributed by atoms with van der Waals surface area (Å²) >= 11 is 0. The van der Waals surface area contributed by atoms with E-state index in [1.807, 2.05) is 36.4 Å². The molecule has 26 heavy (non-hydrogen) atoms. The van der Waals surface area contributed by atoms with Crippen molar-refractivity contribution in [2.24, 2.45) is 0 Å². The Labute approximate surface area is 149 Å². The number of benzene rings is 1. The molecule has 130 valence electrons. The fraction of sp³-hybridized carbons (Fsp3) is 0.158. The van der Waals surface area contributed by atoms with E-state index in [2.05, 4.69) is 25.8 Å². The van der Waals surface area contributed by atoms with Crippen LogP contribution in [0.15, 0.2) is 48.8 Å². The van der Waals surface area contributed by atoms with Crippen LogP contribution >= 0.6 is 0 Å². The molecule has 1 aliphatic heterocycles. The van der Waals surface area contributed by atoms with Crippen molar-refractivity contribution < 1.29 is 9.59 Å². The molecule has 0 saturated carbocycles. The van der Waals surface area contributed by atoms with Crippen molar-refractivity contribution in [1.82, 2.24) is 20.5 Å². The van der Waals surface area contributed by atoms with Crippen molar-refractivity contribution in [3.8, 4) is 11.1 Å². The van der Waals surface area contributed by atoms with Gasteiger partial charge in [0.25, 0.3) is 5.91 Å². The lowest BCUT2D eigenvalue weighted by atomic mass is 9.85. The standard InChI is InChI=1S/C19H17N5O2/c1-20-19(26)17-16-14(9-15(25)22-18(16)24-23-17)12-6-4-11(5-7-12)13-3-2-8-21-10-13/h2-8,10,14H,9H2,1H3,(H,20,26)(H2,22,23,24,25). The lowest BCUT2D eigenvalue weighted by Crippen LogP contribution is -2.26. The summed E-state index contributed by atoms with van der Waals surface area (Å²) in [5, 5.41) is 12.2. The van der Waals surface area contributed by atoms with Gasteiger partial charge in [0.2, 0.25) is 5.91 Å². The Hall–Kier alpha value is -3.48. The largest absolute Gasteiger partial charge is 0.354 e. The molecule has 0 radical (unpaired) electrons. The number of hydrogen-bond donors (Lipinski definition) is 3. The molecular weight excluding hydrogens is 330 g/mol. The van der Waals surface area contributed by atoms with E-state index in [9.17, 15) is 9.59 Å². The first-order valence-corrected chi connectivity index (χ1v) is 8.28. The average molecular weight is 347 g/mol. The van der Waals surface area contributed by atoms with E-state index < -0.39 is 0 Å². The molecule has 0 bridgehead atoms. The van der Waals surface area contributed by atoms with Gasteiger partial charge in [-0.25, -0.2) is 0 Å². The second-order valence-corrected chi connectivity index (χ2v) is 6.11. The molecule has 0 saturated heterocycles. The summed E-state index contributed by atoms with van der Waals surface area (Å²) in [5.41, 5.74) is 4.12.